The standard InChI is InChI=1S/C17H23NO6S/c1-12(2)14-5-3-4-6-15(14)23-10-17(20)24-9-16(19)18-13-7-8-25(21,22)11-13/h3-6,12-13H,7-11H2,1-2H3,(H,18,19)/t13-/m1/s1. The summed E-state index contributed by atoms with van der Waals surface area (Å²) in [4.78, 5) is 23.4. The van der Waals surface area contributed by atoms with E-state index in [0.717, 1.165) is 5.56 Å². The Hall–Kier alpha value is -2.09. The van der Waals surface area contributed by atoms with E-state index in [1.165, 1.54) is 0 Å². The maximum absolute atomic E-state index is 11.7. The van der Waals surface area contributed by atoms with E-state index in [1.807, 2.05) is 32.0 Å². The molecule has 7 nitrogen and oxygen atoms in total. The lowest BCUT2D eigenvalue weighted by molar-refractivity contribution is -0.150. The summed E-state index contributed by atoms with van der Waals surface area (Å²) < 4.78 is 33.0. The van der Waals surface area contributed by atoms with E-state index in [9.17, 15) is 18.0 Å². The van der Waals surface area contributed by atoms with Gasteiger partial charge in [0.1, 0.15) is 5.75 Å². The summed E-state index contributed by atoms with van der Waals surface area (Å²) in [5.41, 5.74) is 0.982. The van der Waals surface area contributed by atoms with E-state index in [-0.39, 0.29) is 24.0 Å². The molecule has 1 aliphatic rings. The molecule has 0 aliphatic carbocycles. The van der Waals surface area contributed by atoms with Gasteiger partial charge in [-0.1, -0.05) is 32.0 Å². The minimum Gasteiger partial charge on any atom is -0.482 e. The van der Waals surface area contributed by atoms with Crippen LogP contribution < -0.4 is 10.1 Å². The van der Waals surface area contributed by atoms with Crippen LogP contribution >= 0.6 is 0 Å². The van der Waals surface area contributed by atoms with Crippen molar-refractivity contribution in [1.29, 1.82) is 0 Å². The molecule has 0 unspecified atom stereocenters. The number of sulfone groups is 1. The average Bonchev–Trinajstić information content (AvgIpc) is 2.89. The lowest BCUT2D eigenvalue weighted by Crippen LogP contribution is -2.38. The van der Waals surface area contributed by atoms with Gasteiger partial charge in [0.2, 0.25) is 0 Å². The fourth-order valence-corrected chi connectivity index (χ4v) is 4.26. The van der Waals surface area contributed by atoms with E-state index in [1.54, 1.807) is 6.07 Å². The van der Waals surface area contributed by atoms with Crippen molar-refractivity contribution in [3.63, 3.8) is 0 Å². The van der Waals surface area contributed by atoms with Crippen LogP contribution in [0, 0.1) is 0 Å². The lowest BCUT2D eigenvalue weighted by atomic mass is 10.0. The molecule has 0 aromatic heterocycles. The average molecular weight is 369 g/mol. The SMILES string of the molecule is CC(C)c1ccccc1OCC(=O)OCC(=O)N[C@@H]1CCS(=O)(=O)C1. The third kappa shape index (κ3) is 6.04. The predicted molar refractivity (Wildman–Crippen MR) is 92.2 cm³/mol. The van der Waals surface area contributed by atoms with Crippen LogP contribution in [0.5, 0.6) is 5.75 Å². The molecule has 1 N–H and O–H groups in total. The normalized spacial score (nSPS) is 18.8. The summed E-state index contributed by atoms with van der Waals surface area (Å²) in [5.74, 6) is -0.315. The zero-order chi connectivity index (χ0) is 18.4. The van der Waals surface area contributed by atoms with Gasteiger partial charge in [0.15, 0.2) is 23.1 Å². The molecular weight excluding hydrogens is 346 g/mol. The van der Waals surface area contributed by atoms with Gasteiger partial charge in [-0.15, -0.1) is 0 Å². The summed E-state index contributed by atoms with van der Waals surface area (Å²) >= 11 is 0. The van der Waals surface area contributed by atoms with Crippen molar-refractivity contribution in [1.82, 2.24) is 5.32 Å². The number of rotatable bonds is 7. The number of benzene rings is 1. The monoisotopic (exact) mass is 369 g/mol. The molecule has 0 bridgehead atoms. The molecule has 1 heterocycles. The first-order valence-electron chi connectivity index (χ1n) is 8.14. The summed E-state index contributed by atoms with van der Waals surface area (Å²) in [6.45, 7) is 3.29. The number of esters is 1. The van der Waals surface area contributed by atoms with Crippen LogP contribution in [0.1, 0.15) is 31.7 Å². The zero-order valence-corrected chi connectivity index (χ0v) is 15.2. The molecule has 1 saturated heterocycles. The molecule has 1 fully saturated rings. The molecule has 2 rings (SSSR count). The third-order valence-electron chi connectivity index (χ3n) is 3.85. The van der Waals surface area contributed by atoms with Gasteiger partial charge in [-0.3, -0.25) is 4.79 Å². The van der Waals surface area contributed by atoms with Crippen molar-refractivity contribution >= 4 is 21.7 Å². The predicted octanol–water partition coefficient (Wildman–Crippen LogP) is 1.04. The van der Waals surface area contributed by atoms with E-state index >= 15 is 0 Å². The highest BCUT2D eigenvalue weighted by Gasteiger charge is 2.29. The first kappa shape index (κ1) is 19.2. The van der Waals surface area contributed by atoms with Crippen molar-refractivity contribution in [2.45, 2.75) is 32.2 Å². The second-order valence-electron chi connectivity index (χ2n) is 6.31. The Kier molecular flexibility index (Phi) is 6.41. The van der Waals surface area contributed by atoms with Crippen LogP contribution in [-0.4, -0.2) is 51.1 Å². The number of amides is 1. The second kappa shape index (κ2) is 8.33. The molecule has 1 amide bonds. The summed E-state index contributed by atoms with van der Waals surface area (Å²) in [7, 11) is -3.07. The number of carbonyl (C=O) groups excluding carboxylic acids is 2. The Balaban J connectivity index is 1.73. The fraction of sp³-hybridized carbons (Fsp3) is 0.529. The van der Waals surface area contributed by atoms with Crippen molar-refractivity contribution in [2.75, 3.05) is 24.7 Å². The maximum atomic E-state index is 11.7. The minimum atomic E-state index is -3.07. The lowest BCUT2D eigenvalue weighted by Gasteiger charge is -2.14. The number of carbonyl (C=O) groups is 2. The Labute approximate surface area is 147 Å². The highest BCUT2D eigenvalue weighted by Crippen LogP contribution is 2.25. The molecule has 0 radical (unpaired) electrons. The quantitative estimate of drug-likeness (QED) is 0.721. The molecule has 138 valence electrons. The van der Waals surface area contributed by atoms with Gasteiger partial charge in [-0.2, -0.15) is 0 Å². The van der Waals surface area contributed by atoms with Gasteiger partial charge in [-0.25, -0.2) is 13.2 Å². The van der Waals surface area contributed by atoms with Gasteiger partial charge >= 0.3 is 5.97 Å². The van der Waals surface area contributed by atoms with E-state index in [0.29, 0.717) is 12.2 Å². The van der Waals surface area contributed by atoms with Crippen LogP contribution in [0.4, 0.5) is 0 Å². The number of hydrogen-bond acceptors (Lipinski definition) is 6. The molecular formula is C17H23NO6S. The number of hydrogen-bond donors (Lipinski definition) is 1. The summed E-state index contributed by atoms with van der Waals surface area (Å²) in [6.07, 6.45) is 0.386. The van der Waals surface area contributed by atoms with Crippen LogP contribution in [-0.2, 0) is 24.2 Å². The van der Waals surface area contributed by atoms with Crippen molar-refractivity contribution < 1.29 is 27.5 Å². The summed E-state index contributed by atoms with van der Waals surface area (Å²) in [6, 6.07) is 7.00. The van der Waals surface area contributed by atoms with Gasteiger partial charge in [0.25, 0.3) is 5.91 Å². The van der Waals surface area contributed by atoms with Crippen molar-refractivity contribution in [3.05, 3.63) is 29.8 Å². The van der Waals surface area contributed by atoms with Crippen molar-refractivity contribution in [3.8, 4) is 5.75 Å². The Bertz CT molecular complexity index is 728. The highest BCUT2D eigenvalue weighted by molar-refractivity contribution is 7.91. The molecule has 1 aromatic rings. The van der Waals surface area contributed by atoms with Crippen molar-refractivity contribution in [2.24, 2.45) is 0 Å². The van der Waals surface area contributed by atoms with E-state index in [4.69, 9.17) is 9.47 Å². The largest absolute Gasteiger partial charge is 0.482 e. The Morgan fingerprint density at radius 2 is 1.96 bits per heavy atom. The van der Waals surface area contributed by atoms with Gasteiger partial charge in [-0.05, 0) is 24.0 Å². The first-order valence-corrected chi connectivity index (χ1v) is 9.96. The topological polar surface area (TPSA) is 98.8 Å². The molecule has 8 heteroatoms. The molecule has 1 aliphatic heterocycles. The number of nitrogens with one attached hydrogen (secondary N) is 1. The molecule has 25 heavy (non-hydrogen) atoms. The van der Waals surface area contributed by atoms with Crippen LogP contribution in [0.15, 0.2) is 24.3 Å². The molecule has 0 saturated carbocycles. The fourth-order valence-electron chi connectivity index (χ4n) is 2.59. The number of ether oxygens (including phenoxy) is 2. The second-order valence-corrected chi connectivity index (χ2v) is 8.54. The smallest absolute Gasteiger partial charge is 0.344 e. The van der Waals surface area contributed by atoms with Gasteiger partial charge in [0, 0.05) is 6.04 Å². The molecule has 0 spiro atoms. The first-order chi connectivity index (χ1) is 11.8. The number of para-hydroxylation sites is 1. The maximum Gasteiger partial charge on any atom is 0.344 e. The Morgan fingerprint density at radius 3 is 2.60 bits per heavy atom. The Morgan fingerprint density at radius 1 is 1.24 bits per heavy atom. The molecule has 1 atom stereocenters. The van der Waals surface area contributed by atoms with Crippen LogP contribution in [0.3, 0.4) is 0 Å². The van der Waals surface area contributed by atoms with Gasteiger partial charge < -0.3 is 14.8 Å². The third-order valence-corrected chi connectivity index (χ3v) is 5.62. The van der Waals surface area contributed by atoms with Gasteiger partial charge in [0.05, 0.1) is 11.5 Å². The van der Waals surface area contributed by atoms with E-state index in [2.05, 4.69) is 5.32 Å². The zero-order valence-electron chi connectivity index (χ0n) is 14.4. The summed E-state index contributed by atoms with van der Waals surface area (Å²) in [5, 5.41) is 2.55. The molecule has 1 aromatic carbocycles. The highest BCUT2D eigenvalue weighted by atomic mass is 32.2. The van der Waals surface area contributed by atoms with Crippen LogP contribution in [0.2, 0.25) is 0 Å². The van der Waals surface area contributed by atoms with Crippen LogP contribution in [0.25, 0.3) is 0 Å². The van der Waals surface area contributed by atoms with E-state index < -0.39 is 34.4 Å². The minimum absolute atomic E-state index is 0.0677.